The molecule has 27 heavy (non-hydrogen) atoms. The number of rotatable bonds is 5. The van der Waals surface area contributed by atoms with Gasteiger partial charge in [-0.3, -0.25) is 18.8 Å². The predicted molar refractivity (Wildman–Crippen MR) is 91.7 cm³/mol. The first kappa shape index (κ1) is 20.6. The number of amides is 2. The summed E-state index contributed by atoms with van der Waals surface area (Å²) in [5, 5.41) is 4.64. The zero-order valence-electron chi connectivity index (χ0n) is 14.2. The van der Waals surface area contributed by atoms with E-state index in [4.69, 9.17) is 0 Å². The molecule has 0 saturated carbocycles. The number of nitrogens with one attached hydrogen (secondary N) is 2. The van der Waals surface area contributed by atoms with Gasteiger partial charge in [0, 0.05) is 47.4 Å². The number of carbonyl (C=O) groups is 2. The van der Waals surface area contributed by atoms with E-state index < -0.39 is 34.4 Å². The molecule has 144 valence electrons. The van der Waals surface area contributed by atoms with Crippen LogP contribution >= 0.6 is 0 Å². The van der Waals surface area contributed by atoms with Crippen molar-refractivity contribution >= 4 is 22.6 Å². The molecule has 10 heteroatoms. The molecule has 2 aromatic rings. The quantitative estimate of drug-likeness (QED) is 0.750. The standard InChI is InChI=1S/C17H16F3N3O3S/c1-27(26)14-4-2-11(3-5-14)8-22-15(24)16(25)23-9-12-6-13(10-21-7-12)17(18,19)20/h2-7,10H,8-9H2,1H3,(H,22,24)(H,23,25). The number of nitrogens with zero attached hydrogens (tertiary/aromatic N) is 1. The van der Waals surface area contributed by atoms with Gasteiger partial charge in [0.25, 0.3) is 0 Å². The summed E-state index contributed by atoms with van der Waals surface area (Å²) in [6.07, 6.45) is -1.14. The summed E-state index contributed by atoms with van der Waals surface area (Å²) in [6.45, 7) is -0.186. The van der Waals surface area contributed by atoms with Crippen LogP contribution in [0.25, 0.3) is 0 Å². The Kier molecular flexibility index (Phi) is 6.67. The van der Waals surface area contributed by atoms with Crippen LogP contribution in [-0.2, 0) is 39.7 Å². The van der Waals surface area contributed by atoms with E-state index in [1.54, 1.807) is 30.5 Å². The Bertz CT molecular complexity index is 854. The molecule has 0 aliphatic heterocycles. The fourth-order valence-electron chi connectivity index (χ4n) is 2.06. The van der Waals surface area contributed by atoms with Gasteiger partial charge in [-0.15, -0.1) is 0 Å². The fraction of sp³-hybridized carbons (Fsp3) is 0.235. The molecule has 6 nitrogen and oxygen atoms in total. The summed E-state index contributed by atoms with van der Waals surface area (Å²) < 4.78 is 49.2. The van der Waals surface area contributed by atoms with Crippen LogP contribution in [0.3, 0.4) is 0 Å². The van der Waals surface area contributed by atoms with Gasteiger partial charge >= 0.3 is 18.0 Å². The summed E-state index contributed by atoms with van der Waals surface area (Å²) in [6, 6.07) is 7.49. The lowest BCUT2D eigenvalue weighted by atomic mass is 10.2. The van der Waals surface area contributed by atoms with Gasteiger partial charge in [-0.2, -0.15) is 13.2 Å². The molecule has 0 aliphatic rings. The van der Waals surface area contributed by atoms with E-state index in [1.165, 1.54) is 6.20 Å². The van der Waals surface area contributed by atoms with Crippen LogP contribution in [0.15, 0.2) is 47.6 Å². The van der Waals surface area contributed by atoms with Crippen molar-refractivity contribution in [1.29, 1.82) is 0 Å². The van der Waals surface area contributed by atoms with Crippen LogP contribution in [0, 0.1) is 0 Å². The minimum atomic E-state index is -4.54. The monoisotopic (exact) mass is 399 g/mol. The molecule has 2 rings (SSSR count). The third-order valence-electron chi connectivity index (χ3n) is 3.49. The molecule has 1 atom stereocenters. The maximum absolute atomic E-state index is 12.6. The van der Waals surface area contributed by atoms with Crippen molar-refractivity contribution in [2.24, 2.45) is 0 Å². The van der Waals surface area contributed by atoms with E-state index in [1.807, 2.05) is 0 Å². The second-order valence-corrected chi connectivity index (χ2v) is 6.92. The first-order chi connectivity index (χ1) is 12.7. The molecule has 0 bridgehead atoms. The number of carbonyl (C=O) groups excluding carboxylic acids is 2. The number of aromatic nitrogens is 1. The van der Waals surface area contributed by atoms with Crippen molar-refractivity contribution in [3.05, 3.63) is 59.4 Å². The minimum Gasteiger partial charge on any atom is -0.344 e. The number of hydrogen-bond acceptors (Lipinski definition) is 4. The topological polar surface area (TPSA) is 88.2 Å². The lowest BCUT2D eigenvalue weighted by Crippen LogP contribution is -2.39. The van der Waals surface area contributed by atoms with Gasteiger partial charge in [-0.05, 0) is 29.3 Å². The molecule has 1 unspecified atom stereocenters. The lowest BCUT2D eigenvalue weighted by Gasteiger charge is -2.09. The average Bonchev–Trinajstić information content (AvgIpc) is 2.64. The lowest BCUT2D eigenvalue weighted by molar-refractivity contribution is -0.139. The molecule has 1 aromatic carbocycles. The normalized spacial score (nSPS) is 12.3. The van der Waals surface area contributed by atoms with E-state index in [2.05, 4.69) is 15.6 Å². The third-order valence-corrected chi connectivity index (χ3v) is 4.43. The highest BCUT2D eigenvalue weighted by Gasteiger charge is 2.31. The highest BCUT2D eigenvalue weighted by molar-refractivity contribution is 7.84. The Hall–Kier alpha value is -2.75. The summed E-state index contributed by atoms with van der Waals surface area (Å²) in [7, 11) is -1.11. The Morgan fingerprint density at radius 3 is 2.07 bits per heavy atom. The fourth-order valence-corrected chi connectivity index (χ4v) is 2.58. The number of alkyl halides is 3. The average molecular weight is 399 g/mol. The molecule has 1 heterocycles. The smallest absolute Gasteiger partial charge is 0.344 e. The molecule has 0 saturated heterocycles. The van der Waals surface area contributed by atoms with Crippen molar-refractivity contribution in [3.63, 3.8) is 0 Å². The van der Waals surface area contributed by atoms with Crippen LogP contribution in [0.1, 0.15) is 16.7 Å². The predicted octanol–water partition coefficient (Wildman–Crippen LogP) is 1.77. The maximum atomic E-state index is 12.6. The van der Waals surface area contributed by atoms with E-state index >= 15 is 0 Å². The van der Waals surface area contributed by atoms with Crippen LogP contribution in [-0.4, -0.2) is 27.3 Å². The SMILES string of the molecule is CS(=O)c1ccc(CNC(=O)C(=O)NCc2cncc(C(F)(F)F)c2)cc1. The minimum absolute atomic E-state index is 0.0774. The van der Waals surface area contributed by atoms with Crippen molar-refractivity contribution in [2.75, 3.05) is 6.26 Å². The van der Waals surface area contributed by atoms with Crippen molar-refractivity contribution in [1.82, 2.24) is 15.6 Å². The van der Waals surface area contributed by atoms with Crippen LogP contribution in [0.5, 0.6) is 0 Å². The molecular weight excluding hydrogens is 383 g/mol. The molecular formula is C17H16F3N3O3S. The first-order valence-corrected chi connectivity index (χ1v) is 9.22. The van der Waals surface area contributed by atoms with Gasteiger partial charge in [0.15, 0.2) is 0 Å². The summed E-state index contributed by atoms with van der Waals surface area (Å²) in [4.78, 5) is 27.6. The van der Waals surface area contributed by atoms with Crippen molar-refractivity contribution in [2.45, 2.75) is 24.2 Å². The van der Waals surface area contributed by atoms with Crippen molar-refractivity contribution in [3.8, 4) is 0 Å². The summed E-state index contributed by atoms with van der Waals surface area (Å²) >= 11 is 0. The highest BCUT2D eigenvalue weighted by Crippen LogP contribution is 2.28. The number of pyridine rings is 1. The Balaban J connectivity index is 1.85. The van der Waals surface area contributed by atoms with Crippen molar-refractivity contribution < 1.29 is 27.0 Å². The zero-order valence-corrected chi connectivity index (χ0v) is 15.0. The zero-order chi connectivity index (χ0) is 20.0. The number of hydrogen-bond donors (Lipinski definition) is 2. The highest BCUT2D eigenvalue weighted by atomic mass is 32.2. The Labute approximate surface area is 155 Å². The molecule has 0 fully saturated rings. The Morgan fingerprint density at radius 1 is 1.00 bits per heavy atom. The second kappa shape index (κ2) is 8.76. The van der Waals surface area contributed by atoms with Crippen LogP contribution < -0.4 is 10.6 Å². The van der Waals surface area contributed by atoms with Gasteiger partial charge in [-0.1, -0.05) is 12.1 Å². The third kappa shape index (κ3) is 6.17. The van der Waals surface area contributed by atoms with E-state index in [-0.39, 0.29) is 18.7 Å². The molecule has 0 aliphatic carbocycles. The summed E-state index contributed by atoms with van der Waals surface area (Å²) in [5.74, 6) is -1.89. The molecule has 2 amide bonds. The first-order valence-electron chi connectivity index (χ1n) is 7.66. The molecule has 0 spiro atoms. The van der Waals surface area contributed by atoms with Crippen LogP contribution in [0.2, 0.25) is 0 Å². The van der Waals surface area contributed by atoms with Gasteiger partial charge in [0.1, 0.15) is 0 Å². The molecule has 0 radical (unpaired) electrons. The second-order valence-electron chi connectivity index (χ2n) is 5.54. The Morgan fingerprint density at radius 2 is 1.56 bits per heavy atom. The van der Waals surface area contributed by atoms with Gasteiger partial charge in [0.2, 0.25) is 0 Å². The van der Waals surface area contributed by atoms with E-state index in [9.17, 15) is 27.0 Å². The number of halogens is 3. The van der Waals surface area contributed by atoms with Gasteiger partial charge < -0.3 is 10.6 Å². The molecule has 1 aromatic heterocycles. The van der Waals surface area contributed by atoms with Crippen LogP contribution in [0.4, 0.5) is 13.2 Å². The van der Waals surface area contributed by atoms with E-state index in [0.29, 0.717) is 16.7 Å². The van der Waals surface area contributed by atoms with Gasteiger partial charge in [-0.25, -0.2) is 0 Å². The number of benzene rings is 1. The van der Waals surface area contributed by atoms with E-state index in [0.717, 1.165) is 6.07 Å². The summed E-state index contributed by atoms with van der Waals surface area (Å²) in [5.41, 5.74) is -0.114. The maximum Gasteiger partial charge on any atom is 0.417 e. The van der Waals surface area contributed by atoms with Gasteiger partial charge in [0.05, 0.1) is 5.56 Å². The molecule has 2 N–H and O–H groups in total. The largest absolute Gasteiger partial charge is 0.417 e.